The van der Waals surface area contributed by atoms with Crippen molar-refractivity contribution in [3.8, 4) is 5.75 Å². The highest BCUT2D eigenvalue weighted by atomic mass is 32.1. The van der Waals surface area contributed by atoms with Crippen molar-refractivity contribution in [2.75, 3.05) is 0 Å². The maximum absolute atomic E-state index is 13.0. The second kappa shape index (κ2) is 7.55. The zero-order chi connectivity index (χ0) is 19.7. The second-order valence-corrected chi connectivity index (χ2v) is 7.93. The second-order valence-electron chi connectivity index (χ2n) is 6.85. The summed E-state index contributed by atoms with van der Waals surface area (Å²) in [5.41, 5.74) is 4.13. The summed E-state index contributed by atoms with van der Waals surface area (Å²) in [6.07, 6.45) is 7.04. The highest BCUT2D eigenvalue weighted by Gasteiger charge is 2.23. The van der Waals surface area contributed by atoms with Crippen molar-refractivity contribution in [2.45, 2.75) is 38.6 Å². The number of nitrogens with zero attached hydrogens (tertiary/aromatic N) is 3. The first-order valence-corrected chi connectivity index (χ1v) is 9.99. The van der Waals surface area contributed by atoms with E-state index in [4.69, 9.17) is 0 Å². The van der Waals surface area contributed by atoms with E-state index in [2.05, 4.69) is 15.5 Å². The molecule has 2 heterocycles. The maximum atomic E-state index is 13.0. The van der Waals surface area contributed by atoms with Gasteiger partial charge in [0.2, 0.25) is 0 Å². The Morgan fingerprint density at radius 1 is 1.32 bits per heavy atom. The van der Waals surface area contributed by atoms with E-state index in [1.54, 1.807) is 30.4 Å². The summed E-state index contributed by atoms with van der Waals surface area (Å²) in [4.78, 5) is 31.9. The minimum atomic E-state index is -0.736. The third-order valence-electron chi connectivity index (χ3n) is 4.98. The lowest BCUT2D eigenvalue weighted by Gasteiger charge is -2.14. The number of aromatic hydroxyl groups is 1. The van der Waals surface area contributed by atoms with Crippen LogP contribution in [0.25, 0.3) is 10.2 Å². The Bertz CT molecular complexity index is 1110. The van der Waals surface area contributed by atoms with Crippen LogP contribution >= 0.6 is 11.3 Å². The smallest absolute Gasteiger partial charge is 0.263 e. The molecule has 0 radical (unpaired) electrons. The van der Waals surface area contributed by atoms with Gasteiger partial charge in [0.05, 0.1) is 17.9 Å². The van der Waals surface area contributed by atoms with Crippen molar-refractivity contribution in [1.82, 2.24) is 15.0 Å². The number of thiophene rings is 1. The Labute approximate surface area is 165 Å². The van der Waals surface area contributed by atoms with Gasteiger partial charge in [-0.05, 0) is 68.0 Å². The molecule has 0 bridgehead atoms. The molecule has 1 aromatic carbocycles. The quantitative estimate of drug-likeness (QED) is 0.523. The van der Waals surface area contributed by atoms with Crippen LogP contribution in [0.3, 0.4) is 0 Å². The Balaban J connectivity index is 1.55. The molecule has 0 saturated carbocycles. The summed E-state index contributed by atoms with van der Waals surface area (Å²) in [5, 5.41) is 13.9. The summed E-state index contributed by atoms with van der Waals surface area (Å²) in [7, 11) is 0. The van der Waals surface area contributed by atoms with Gasteiger partial charge >= 0.3 is 0 Å². The normalized spacial score (nSPS) is 14.9. The van der Waals surface area contributed by atoms with Crippen LogP contribution < -0.4 is 11.0 Å². The van der Waals surface area contributed by atoms with E-state index in [1.165, 1.54) is 34.1 Å². The van der Waals surface area contributed by atoms with Crippen LogP contribution in [0, 0.1) is 0 Å². The average Bonchev–Trinajstić information content (AvgIpc) is 3.08. The van der Waals surface area contributed by atoms with E-state index in [0.29, 0.717) is 5.39 Å². The van der Waals surface area contributed by atoms with E-state index in [9.17, 15) is 14.7 Å². The third-order valence-corrected chi connectivity index (χ3v) is 6.18. The van der Waals surface area contributed by atoms with Crippen LogP contribution in [-0.4, -0.2) is 26.8 Å². The summed E-state index contributed by atoms with van der Waals surface area (Å²) >= 11 is 1.59. The van der Waals surface area contributed by atoms with E-state index < -0.39 is 11.9 Å². The van der Waals surface area contributed by atoms with Crippen molar-refractivity contribution in [2.24, 2.45) is 5.10 Å². The number of hydrogen-bond acceptors (Lipinski definition) is 6. The number of hydrazone groups is 1. The van der Waals surface area contributed by atoms with E-state index in [-0.39, 0.29) is 11.3 Å². The molecule has 0 spiro atoms. The molecule has 0 fully saturated rings. The van der Waals surface area contributed by atoms with Crippen LogP contribution in [0.4, 0.5) is 0 Å². The van der Waals surface area contributed by atoms with Gasteiger partial charge in [0, 0.05) is 4.88 Å². The lowest BCUT2D eigenvalue weighted by atomic mass is 9.97. The number of benzene rings is 1. The van der Waals surface area contributed by atoms with Gasteiger partial charge in [0.25, 0.3) is 11.5 Å². The minimum Gasteiger partial charge on any atom is -0.508 e. The molecular weight excluding hydrogens is 376 g/mol. The van der Waals surface area contributed by atoms with Gasteiger partial charge in [-0.1, -0.05) is 0 Å². The first-order valence-electron chi connectivity index (χ1n) is 9.18. The Morgan fingerprint density at radius 2 is 2.07 bits per heavy atom. The zero-order valence-corrected chi connectivity index (χ0v) is 16.2. The van der Waals surface area contributed by atoms with Crippen molar-refractivity contribution >= 4 is 33.7 Å². The molecule has 8 heteroatoms. The number of hydrogen-bond donors (Lipinski definition) is 2. The van der Waals surface area contributed by atoms with E-state index in [1.807, 2.05) is 0 Å². The Kier molecular flexibility index (Phi) is 4.95. The summed E-state index contributed by atoms with van der Waals surface area (Å²) < 4.78 is 1.37. The summed E-state index contributed by atoms with van der Waals surface area (Å²) in [6, 6.07) is 5.69. The van der Waals surface area contributed by atoms with Crippen LogP contribution in [-0.2, 0) is 17.6 Å². The van der Waals surface area contributed by atoms with Crippen molar-refractivity contribution in [3.63, 3.8) is 0 Å². The molecule has 1 amide bonds. The number of nitrogens with one attached hydrogen (secondary N) is 1. The topological polar surface area (TPSA) is 96.6 Å². The van der Waals surface area contributed by atoms with Gasteiger partial charge in [0.15, 0.2) is 0 Å². The lowest BCUT2D eigenvalue weighted by Crippen LogP contribution is -2.34. The molecule has 2 aromatic heterocycles. The molecule has 28 heavy (non-hydrogen) atoms. The summed E-state index contributed by atoms with van der Waals surface area (Å²) in [6.45, 7) is 1.65. The third kappa shape index (κ3) is 3.43. The predicted molar refractivity (Wildman–Crippen MR) is 109 cm³/mol. The number of carbonyl (C=O) groups is 1. The number of carbonyl (C=O) groups excluding carboxylic acids is 1. The molecule has 1 aliphatic carbocycles. The van der Waals surface area contributed by atoms with Crippen LogP contribution in [0.15, 0.2) is 40.5 Å². The molecule has 4 rings (SSSR count). The van der Waals surface area contributed by atoms with Crippen LogP contribution in [0.5, 0.6) is 5.75 Å². The summed E-state index contributed by atoms with van der Waals surface area (Å²) in [5.74, 6) is -0.241. The van der Waals surface area contributed by atoms with Gasteiger partial charge in [-0.25, -0.2) is 10.4 Å². The molecule has 0 saturated heterocycles. The number of phenolic OH excluding ortho intramolecular Hbond substituents is 1. The average molecular weight is 396 g/mol. The Hall–Kier alpha value is -3.00. The molecule has 1 unspecified atom stereocenters. The van der Waals surface area contributed by atoms with Gasteiger partial charge < -0.3 is 5.11 Å². The number of amides is 1. The van der Waals surface area contributed by atoms with Gasteiger partial charge in [-0.3, -0.25) is 14.2 Å². The standard InChI is InChI=1S/C20H20N4O3S/c1-12(18(26)23-22-10-13-6-8-14(25)9-7-13)24-11-21-19-17(20(24)27)15-4-2-3-5-16(15)28-19/h6-12,25H,2-5H2,1H3,(H,23,26)/b22-10-. The van der Waals surface area contributed by atoms with E-state index >= 15 is 0 Å². The van der Waals surface area contributed by atoms with Gasteiger partial charge in [-0.15, -0.1) is 11.3 Å². The minimum absolute atomic E-state index is 0.160. The fourth-order valence-electron chi connectivity index (χ4n) is 3.39. The van der Waals surface area contributed by atoms with Crippen molar-refractivity contribution in [3.05, 3.63) is 57.0 Å². The number of fused-ring (bicyclic) bond motifs is 3. The SMILES string of the molecule is CC(C(=O)N/N=C\c1ccc(O)cc1)n1cnc2sc3c(c2c1=O)CCCC3. The molecule has 0 aliphatic heterocycles. The fraction of sp³-hybridized carbons (Fsp3) is 0.300. The molecule has 144 valence electrons. The molecule has 7 nitrogen and oxygen atoms in total. The van der Waals surface area contributed by atoms with Gasteiger partial charge in [-0.2, -0.15) is 5.10 Å². The van der Waals surface area contributed by atoms with Crippen molar-refractivity contribution in [1.29, 1.82) is 0 Å². The monoisotopic (exact) mass is 396 g/mol. The van der Waals surface area contributed by atoms with E-state index in [0.717, 1.165) is 41.6 Å². The highest BCUT2D eigenvalue weighted by Crippen LogP contribution is 2.33. The van der Waals surface area contributed by atoms with Crippen LogP contribution in [0.1, 0.15) is 41.8 Å². The number of rotatable bonds is 4. The number of phenols is 1. The fourth-order valence-corrected chi connectivity index (χ4v) is 4.61. The maximum Gasteiger partial charge on any atom is 0.263 e. The predicted octanol–water partition coefficient (Wildman–Crippen LogP) is 2.75. The lowest BCUT2D eigenvalue weighted by molar-refractivity contribution is -0.123. The van der Waals surface area contributed by atoms with Crippen molar-refractivity contribution < 1.29 is 9.90 Å². The first-order chi connectivity index (χ1) is 13.5. The largest absolute Gasteiger partial charge is 0.508 e. The molecule has 1 aliphatic rings. The number of aryl methyl sites for hydroxylation is 2. The molecule has 2 N–H and O–H groups in total. The molecule has 3 aromatic rings. The number of aromatic nitrogens is 2. The van der Waals surface area contributed by atoms with Gasteiger partial charge in [0.1, 0.15) is 16.6 Å². The molecule has 1 atom stereocenters. The van der Waals surface area contributed by atoms with Crippen LogP contribution in [0.2, 0.25) is 0 Å². The Morgan fingerprint density at radius 3 is 2.86 bits per heavy atom. The highest BCUT2D eigenvalue weighted by molar-refractivity contribution is 7.18. The zero-order valence-electron chi connectivity index (χ0n) is 15.4. The first kappa shape index (κ1) is 18.4. The molecular formula is C20H20N4O3S.